The van der Waals surface area contributed by atoms with E-state index in [1.165, 1.54) is 0 Å². The van der Waals surface area contributed by atoms with Gasteiger partial charge < -0.3 is 9.64 Å². The van der Waals surface area contributed by atoms with Crippen molar-refractivity contribution >= 4 is 5.91 Å². The maximum atomic E-state index is 12.2. The fourth-order valence-electron chi connectivity index (χ4n) is 2.31. The quantitative estimate of drug-likeness (QED) is 0.855. The van der Waals surface area contributed by atoms with Gasteiger partial charge in [0.05, 0.1) is 6.07 Å². The number of amides is 1. The molecule has 0 N–H and O–H groups in total. The number of likely N-dealkylation sites (tertiary alicyclic amines) is 1. The molecular weight excluding hydrogens is 266 g/mol. The summed E-state index contributed by atoms with van der Waals surface area (Å²) in [4.78, 5) is 18.2. The number of hydrogen-bond acceptors (Lipinski definition) is 4. The van der Waals surface area contributed by atoms with Crippen LogP contribution in [0.4, 0.5) is 0 Å². The lowest BCUT2D eigenvalue weighted by Crippen LogP contribution is -2.46. The molecule has 0 aromatic carbocycles. The summed E-state index contributed by atoms with van der Waals surface area (Å²) in [5, 5.41) is 9.03. The number of nitrogens with zero attached hydrogens (tertiary/aromatic N) is 3. The van der Waals surface area contributed by atoms with Crippen molar-refractivity contribution in [3.63, 3.8) is 0 Å². The van der Waals surface area contributed by atoms with Crippen molar-refractivity contribution in [2.24, 2.45) is 5.41 Å². The second kappa shape index (κ2) is 6.13. The molecule has 1 aliphatic heterocycles. The number of carbonyl (C=O) groups is 1. The topological polar surface area (TPSA) is 66.2 Å². The van der Waals surface area contributed by atoms with Gasteiger partial charge in [0.25, 0.3) is 0 Å². The molecule has 1 aliphatic rings. The van der Waals surface area contributed by atoms with E-state index in [1.54, 1.807) is 24.9 Å². The van der Waals surface area contributed by atoms with Crippen molar-refractivity contribution in [3.8, 4) is 11.9 Å². The van der Waals surface area contributed by atoms with Crippen LogP contribution < -0.4 is 4.74 Å². The molecule has 0 spiro atoms. The van der Waals surface area contributed by atoms with Crippen LogP contribution in [-0.2, 0) is 4.79 Å². The molecule has 0 bridgehead atoms. The molecule has 0 saturated carbocycles. The van der Waals surface area contributed by atoms with Gasteiger partial charge in [0, 0.05) is 38.2 Å². The molecule has 2 heterocycles. The number of aryl methyl sites for hydroxylation is 1. The van der Waals surface area contributed by atoms with E-state index < -0.39 is 5.41 Å². The van der Waals surface area contributed by atoms with Crippen LogP contribution in [0.3, 0.4) is 0 Å². The molecule has 21 heavy (non-hydrogen) atoms. The van der Waals surface area contributed by atoms with Crippen LogP contribution in [0.25, 0.3) is 0 Å². The molecule has 0 atom stereocenters. The Morgan fingerprint density at radius 3 is 2.62 bits per heavy atom. The van der Waals surface area contributed by atoms with Gasteiger partial charge in [-0.2, -0.15) is 5.26 Å². The van der Waals surface area contributed by atoms with E-state index in [9.17, 15) is 4.79 Å². The SMILES string of the molecule is Cc1ccc(OC2CCN(C(=O)C(C)(C)C#N)CC2)nc1. The predicted octanol–water partition coefficient (Wildman–Crippen LogP) is 2.31. The largest absolute Gasteiger partial charge is 0.474 e. The molecule has 112 valence electrons. The number of rotatable bonds is 3. The minimum atomic E-state index is -0.952. The summed E-state index contributed by atoms with van der Waals surface area (Å²) in [6.07, 6.45) is 3.39. The Morgan fingerprint density at radius 2 is 2.10 bits per heavy atom. The van der Waals surface area contributed by atoms with Crippen molar-refractivity contribution in [1.29, 1.82) is 5.26 Å². The highest BCUT2D eigenvalue weighted by atomic mass is 16.5. The van der Waals surface area contributed by atoms with Gasteiger partial charge in [-0.1, -0.05) is 6.07 Å². The summed E-state index contributed by atoms with van der Waals surface area (Å²) in [5.74, 6) is 0.527. The Kier molecular flexibility index (Phi) is 4.46. The highest BCUT2D eigenvalue weighted by Crippen LogP contribution is 2.23. The summed E-state index contributed by atoms with van der Waals surface area (Å²) >= 11 is 0. The number of nitriles is 1. The number of pyridine rings is 1. The molecular formula is C16H21N3O2. The van der Waals surface area contributed by atoms with Crippen LogP contribution in [0.5, 0.6) is 5.88 Å². The smallest absolute Gasteiger partial charge is 0.242 e. The van der Waals surface area contributed by atoms with Crippen LogP contribution in [0.2, 0.25) is 0 Å². The second-order valence-electron chi connectivity index (χ2n) is 6.02. The predicted molar refractivity (Wildman–Crippen MR) is 78.6 cm³/mol. The Morgan fingerprint density at radius 1 is 1.43 bits per heavy atom. The maximum absolute atomic E-state index is 12.2. The standard InChI is InChI=1S/C16H21N3O2/c1-12-4-5-14(18-10-12)21-13-6-8-19(9-7-13)15(20)16(2,3)11-17/h4-5,10,13H,6-9H2,1-3H3. The second-order valence-corrected chi connectivity index (χ2v) is 6.02. The molecule has 1 fully saturated rings. The van der Waals surface area contributed by atoms with E-state index in [0.29, 0.717) is 19.0 Å². The monoisotopic (exact) mass is 287 g/mol. The van der Waals surface area contributed by atoms with Crippen LogP contribution in [0, 0.1) is 23.7 Å². The summed E-state index contributed by atoms with van der Waals surface area (Å²) in [6, 6.07) is 5.90. The summed E-state index contributed by atoms with van der Waals surface area (Å²) < 4.78 is 5.84. The van der Waals surface area contributed by atoms with Crippen molar-refractivity contribution in [1.82, 2.24) is 9.88 Å². The number of ether oxygens (including phenoxy) is 1. The molecule has 1 aromatic heterocycles. The van der Waals surface area contributed by atoms with E-state index in [4.69, 9.17) is 10.00 Å². The first-order valence-electron chi connectivity index (χ1n) is 7.22. The zero-order valence-electron chi connectivity index (χ0n) is 12.8. The van der Waals surface area contributed by atoms with Crippen LogP contribution in [0.1, 0.15) is 32.3 Å². The van der Waals surface area contributed by atoms with Crippen molar-refractivity contribution in [2.45, 2.75) is 39.7 Å². The molecule has 0 radical (unpaired) electrons. The zero-order valence-corrected chi connectivity index (χ0v) is 12.8. The number of piperidine rings is 1. The molecule has 1 saturated heterocycles. The first kappa shape index (κ1) is 15.3. The van der Waals surface area contributed by atoms with Gasteiger partial charge in [-0.05, 0) is 26.3 Å². The Balaban J connectivity index is 1.88. The summed E-state index contributed by atoms with van der Waals surface area (Å²) in [7, 11) is 0. The molecule has 0 aliphatic carbocycles. The third-order valence-electron chi connectivity index (χ3n) is 3.72. The first-order chi connectivity index (χ1) is 9.92. The zero-order chi connectivity index (χ0) is 15.5. The van der Waals surface area contributed by atoms with Gasteiger partial charge in [-0.3, -0.25) is 4.79 Å². The molecule has 5 nitrogen and oxygen atoms in total. The van der Waals surface area contributed by atoms with Gasteiger partial charge in [-0.25, -0.2) is 4.98 Å². The minimum Gasteiger partial charge on any atom is -0.474 e. The van der Waals surface area contributed by atoms with Crippen LogP contribution >= 0.6 is 0 Å². The molecule has 0 unspecified atom stereocenters. The van der Waals surface area contributed by atoms with Gasteiger partial charge in [0.1, 0.15) is 11.5 Å². The number of aromatic nitrogens is 1. The molecule has 2 rings (SSSR count). The van der Waals surface area contributed by atoms with Gasteiger partial charge in [0.15, 0.2) is 0 Å². The van der Waals surface area contributed by atoms with E-state index in [0.717, 1.165) is 18.4 Å². The first-order valence-corrected chi connectivity index (χ1v) is 7.22. The van der Waals surface area contributed by atoms with Gasteiger partial charge in [0.2, 0.25) is 11.8 Å². The fraction of sp³-hybridized carbons (Fsp3) is 0.562. The summed E-state index contributed by atoms with van der Waals surface area (Å²) in [6.45, 7) is 6.56. The van der Waals surface area contributed by atoms with Crippen LogP contribution in [0.15, 0.2) is 18.3 Å². The van der Waals surface area contributed by atoms with Gasteiger partial charge in [-0.15, -0.1) is 0 Å². The minimum absolute atomic E-state index is 0.0782. The lowest BCUT2D eigenvalue weighted by Gasteiger charge is -2.34. The number of carbonyl (C=O) groups excluding carboxylic acids is 1. The normalized spacial score (nSPS) is 16.4. The maximum Gasteiger partial charge on any atom is 0.242 e. The van der Waals surface area contributed by atoms with Crippen molar-refractivity contribution in [2.75, 3.05) is 13.1 Å². The number of hydrogen-bond donors (Lipinski definition) is 0. The Hall–Kier alpha value is -2.09. The average Bonchev–Trinajstić information content (AvgIpc) is 2.49. The third kappa shape index (κ3) is 3.72. The third-order valence-corrected chi connectivity index (χ3v) is 3.72. The lowest BCUT2D eigenvalue weighted by atomic mass is 9.92. The Labute approximate surface area is 125 Å². The summed E-state index contributed by atoms with van der Waals surface area (Å²) in [5.41, 5.74) is 0.146. The van der Waals surface area contributed by atoms with Gasteiger partial charge >= 0.3 is 0 Å². The van der Waals surface area contributed by atoms with E-state index in [2.05, 4.69) is 11.1 Å². The van der Waals surface area contributed by atoms with E-state index in [1.807, 2.05) is 19.1 Å². The molecule has 5 heteroatoms. The fourth-order valence-corrected chi connectivity index (χ4v) is 2.31. The van der Waals surface area contributed by atoms with E-state index in [-0.39, 0.29) is 12.0 Å². The Bertz CT molecular complexity index is 538. The van der Waals surface area contributed by atoms with Crippen molar-refractivity contribution < 1.29 is 9.53 Å². The lowest BCUT2D eigenvalue weighted by molar-refractivity contribution is -0.139. The molecule has 1 aromatic rings. The highest BCUT2D eigenvalue weighted by molar-refractivity contribution is 5.84. The highest BCUT2D eigenvalue weighted by Gasteiger charge is 2.34. The van der Waals surface area contributed by atoms with E-state index >= 15 is 0 Å². The molecule has 1 amide bonds. The van der Waals surface area contributed by atoms with Crippen molar-refractivity contribution in [3.05, 3.63) is 23.9 Å². The average molecular weight is 287 g/mol. The van der Waals surface area contributed by atoms with Crippen LogP contribution in [-0.4, -0.2) is 35.0 Å².